The van der Waals surface area contributed by atoms with Crippen LogP contribution >= 0.6 is 0 Å². The molecular weight excluding hydrogens is 146 g/mol. The maximum atomic E-state index is 3.61. The Hall–Kier alpha value is -0.820. The number of hydrogen-bond acceptors (Lipinski definition) is 1. The van der Waals surface area contributed by atoms with Crippen LogP contribution < -0.4 is 5.32 Å². The van der Waals surface area contributed by atoms with Gasteiger partial charge in [0.2, 0.25) is 0 Å². The van der Waals surface area contributed by atoms with Crippen LogP contribution in [0.25, 0.3) is 0 Å². The first kappa shape index (κ1) is 9.27. The first-order valence-corrected chi connectivity index (χ1v) is 4.60. The van der Waals surface area contributed by atoms with E-state index in [1.807, 2.05) is 12.2 Å². The minimum atomic E-state index is 0.730. The van der Waals surface area contributed by atoms with Crippen molar-refractivity contribution in [2.75, 3.05) is 13.1 Å². The Morgan fingerprint density at radius 3 is 2.83 bits per heavy atom. The SMILES string of the molecule is C=C/C=C\C=C/C1CCCNC1. The fourth-order valence-corrected chi connectivity index (χ4v) is 1.41. The molecular formula is C11H17N. The summed E-state index contributed by atoms with van der Waals surface area (Å²) >= 11 is 0. The molecule has 0 bridgehead atoms. The van der Waals surface area contributed by atoms with Gasteiger partial charge in [-0.25, -0.2) is 0 Å². The third-order valence-electron chi connectivity index (χ3n) is 2.08. The van der Waals surface area contributed by atoms with Crippen LogP contribution in [0.5, 0.6) is 0 Å². The highest BCUT2D eigenvalue weighted by molar-refractivity contribution is 5.10. The Balaban J connectivity index is 2.23. The third-order valence-corrected chi connectivity index (χ3v) is 2.08. The molecule has 1 saturated heterocycles. The predicted octanol–water partition coefficient (Wildman–Crippen LogP) is 2.28. The summed E-state index contributed by atoms with van der Waals surface area (Å²) in [5.41, 5.74) is 0. The van der Waals surface area contributed by atoms with Crippen LogP contribution in [0.3, 0.4) is 0 Å². The summed E-state index contributed by atoms with van der Waals surface area (Å²) < 4.78 is 0. The highest BCUT2D eigenvalue weighted by atomic mass is 14.9. The van der Waals surface area contributed by atoms with Gasteiger partial charge in [-0.2, -0.15) is 0 Å². The van der Waals surface area contributed by atoms with E-state index in [0.717, 1.165) is 12.5 Å². The zero-order valence-corrected chi connectivity index (χ0v) is 7.50. The first-order valence-electron chi connectivity index (χ1n) is 4.60. The van der Waals surface area contributed by atoms with Crippen molar-refractivity contribution in [3.8, 4) is 0 Å². The highest BCUT2D eigenvalue weighted by Gasteiger charge is 2.07. The number of rotatable bonds is 3. The van der Waals surface area contributed by atoms with E-state index in [4.69, 9.17) is 0 Å². The lowest BCUT2D eigenvalue weighted by molar-refractivity contribution is 0.438. The van der Waals surface area contributed by atoms with Crippen molar-refractivity contribution >= 4 is 0 Å². The zero-order valence-electron chi connectivity index (χ0n) is 7.50. The lowest BCUT2D eigenvalue weighted by Gasteiger charge is -2.18. The summed E-state index contributed by atoms with van der Waals surface area (Å²) in [6.07, 6.45) is 12.8. The second-order valence-electron chi connectivity index (χ2n) is 3.11. The van der Waals surface area contributed by atoms with Gasteiger partial charge in [0.1, 0.15) is 0 Å². The van der Waals surface area contributed by atoms with Gasteiger partial charge in [-0.3, -0.25) is 0 Å². The van der Waals surface area contributed by atoms with Crippen LogP contribution in [0.15, 0.2) is 37.0 Å². The molecule has 1 N–H and O–H groups in total. The van der Waals surface area contributed by atoms with E-state index in [1.54, 1.807) is 6.08 Å². The summed E-state index contributed by atoms with van der Waals surface area (Å²) in [6.45, 7) is 5.94. The van der Waals surface area contributed by atoms with Crippen molar-refractivity contribution in [3.05, 3.63) is 37.0 Å². The summed E-state index contributed by atoms with van der Waals surface area (Å²) in [6, 6.07) is 0. The summed E-state index contributed by atoms with van der Waals surface area (Å²) in [4.78, 5) is 0. The van der Waals surface area contributed by atoms with Crippen LogP contribution in [0.4, 0.5) is 0 Å². The van der Waals surface area contributed by atoms with E-state index >= 15 is 0 Å². The molecule has 0 saturated carbocycles. The molecule has 1 nitrogen and oxygen atoms in total. The van der Waals surface area contributed by atoms with Gasteiger partial charge in [-0.05, 0) is 25.3 Å². The van der Waals surface area contributed by atoms with Gasteiger partial charge >= 0.3 is 0 Å². The number of nitrogens with one attached hydrogen (secondary N) is 1. The molecule has 1 heterocycles. The molecule has 1 aliphatic heterocycles. The second kappa shape index (κ2) is 5.78. The average Bonchev–Trinajstić information content (AvgIpc) is 2.14. The van der Waals surface area contributed by atoms with Gasteiger partial charge in [0.05, 0.1) is 0 Å². The monoisotopic (exact) mass is 163 g/mol. The fraction of sp³-hybridized carbons (Fsp3) is 0.455. The standard InChI is InChI=1S/C11H17N/c1-2-3-4-5-7-11-8-6-9-12-10-11/h2-5,7,11-12H,1,6,8-10H2/b4-3-,7-5-. The largest absolute Gasteiger partial charge is 0.316 e. The van der Waals surface area contributed by atoms with Crippen LogP contribution in [-0.4, -0.2) is 13.1 Å². The van der Waals surface area contributed by atoms with Crippen molar-refractivity contribution in [2.45, 2.75) is 12.8 Å². The Morgan fingerprint density at radius 1 is 1.25 bits per heavy atom. The first-order chi connectivity index (χ1) is 5.93. The molecule has 0 aromatic heterocycles. The minimum Gasteiger partial charge on any atom is -0.316 e. The minimum absolute atomic E-state index is 0.730. The van der Waals surface area contributed by atoms with Crippen molar-refractivity contribution in [1.82, 2.24) is 5.32 Å². The molecule has 0 spiro atoms. The summed E-state index contributed by atoms with van der Waals surface area (Å²) in [5.74, 6) is 0.730. The van der Waals surface area contributed by atoms with Crippen molar-refractivity contribution < 1.29 is 0 Å². The molecule has 0 aromatic carbocycles. The van der Waals surface area contributed by atoms with Gasteiger partial charge < -0.3 is 5.32 Å². The third kappa shape index (κ3) is 3.54. The Bertz CT molecular complexity index is 173. The topological polar surface area (TPSA) is 12.0 Å². The molecule has 1 aliphatic rings. The number of hydrogen-bond donors (Lipinski definition) is 1. The maximum Gasteiger partial charge on any atom is 0.00143 e. The molecule has 1 fully saturated rings. The molecule has 1 rings (SSSR count). The molecule has 66 valence electrons. The van der Waals surface area contributed by atoms with Crippen LogP contribution in [0, 0.1) is 5.92 Å². The van der Waals surface area contributed by atoms with E-state index in [9.17, 15) is 0 Å². The van der Waals surface area contributed by atoms with Crippen LogP contribution in [0.1, 0.15) is 12.8 Å². The smallest absolute Gasteiger partial charge is 0.00143 e. The Kier molecular flexibility index (Phi) is 4.47. The van der Waals surface area contributed by atoms with Gasteiger partial charge in [0, 0.05) is 6.54 Å². The van der Waals surface area contributed by atoms with Gasteiger partial charge in [0.25, 0.3) is 0 Å². The van der Waals surface area contributed by atoms with Crippen LogP contribution in [0.2, 0.25) is 0 Å². The van der Waals surface area contributed by atoms with Crippen LogP contribution in [-0.2, 0) is 0 Å². The van der Waals surface area contributed by atoms with Crippen molar-refractivity contribution in [3.63, 3.8) is 0 Å². The van der Waals surface area contributed by atoms with Gasteiger partial charge in [-0.1, -0.05) is 37.0 Å². The molecule has 1 atom stereocenters. The van der Waals surface area contributed by atoms with Gasteiger partial charge in [-0.15, -0.1) is 0 Å². The Labute approximate surface area is 74.9 Å². The zero-order chi connectivity index (χ0) is 8.65. The van der Waals surface area contributed by atoms with E-state index in [0.29, 0.717) is 0 Å². The summed E-state index contributed by atoms with van der Waals surface area (Å²) in [5, 5.41) is 3.38. The molecule has 0 aromatic rings. The molecule has 1 unspecified atom stereocenters. The van der Waals surface area contributed by atoms with E-state index in [-0.39, 0.29) is 0 Å². The van der Waals surface area contributed by atoms with E-state index in [1.165, 1.54) is 19.4 Å². The highest BCUT2D eigenvalue weighted by Crippen LogP contribution is 2.10. The molecule has 0 amide bonds. The molecule has 0 aliphatic carbocycles. The van der Waals surface area contributed by atoms with Gasteiger partial charge in [0.15, 0.2) is 0 Å². The lowest BCUT2D eigenvalue weighted by Crippen LogP contribution is -2.28. The fourth-order valence-electron chi connectivity index (χ4n) is 1.41. The molecule has 12 heavy (non-hydrogen) atoms. The van der Waals surface area contributed by atoms with Crippen molar-refractivity contribution in [1.29, 1.82) is 0 Å². The quantitative estimate of drug-likeness (QED) is 0.629. The Morgan fingerprint density at radius 2 is 2.17 bits per heavy atom. The average molecular weight is 163 g/mol. The second-order valence-corrected chi connectivity index (χ2v) is 3.11. The van der Waals surface area contributed by atoms with Crippen molar-refractivity contribution in [2.24, 2.45) is 5.92 Å². The maximum absolute atomic E-state index is 3.61. The van der Waals surface area contributed by atoms with E-state index < -0.39 is 0 Å². The lowest BCUT2D eigenvalue weighted by atomic mass is 9.99. The number of piperidine rings is 1. The molecule has 0 radical (unpaired) electrons. The number of allylic oxidation sites excluding steroid dienone is 4. The summed E-state index contributed by atoms with van der Waals surface area (Å²) in [7, 11) is 0. The normalized spacial score (nSPS) is 25.2. The predicted molar refractivity (Wildman–Crippen MR) is 54.1 cm³/mol. The molecule has 1 heteroatoms. The van der Waals surface area contributed by atoms with E-state index in [2.05, 4.69) is 24.0 Å².